The van der Waals surface area contributed by atoms with Gasteiger partial charge in [0.15, 0.2) is 0 Å². The minimum atomic E-state index is -0.902. The monoisotopic (exact) mass is 170 g/mol. The lowest BCUT2D eigenvalue weighted by Crippen LogP contribution is -2.44. The summed E-state index contributed by atoms with van der Waals surface area (Å²) in [4.78, 5) is 0. The number of aliphatic hydroxyl groups is 2. The van der Waals surface area contributed by atoms with Crippen LogP contribution < -0.4 is 0 Å². The van der Waals surface area contributed by atoms with E-state index in [0.717, 1.165) is 5.57 Å². The third-order valence-corrected chi connectivity index (χ3v) is 2.85. The average molecular weight is 170 g/mol. The van der Waals surface area contributed by atoms with E-state index in [9.17, 15) is 10.2 Å². The molecular formula is C10H18O2. The maximum Gasteiger partial charge on any atom is 0.0855 e. The third kappa shape index (κ3) is 1.54. The summed E-state index contributed by atoms with van der Waals surface area (Å²) in [6, 6.07) is 0. The molecule has 0 radical (unpaired) electrons. The quantitative estimate of drug-likeness (QED) is 0.540. The molecule has 12 heavy (non-hydrogen) atoms. The van der Waals surface area contributed by atoms with Gasteiger partial charge in [-0.1, -0.05) is 20.4 Å². The SMILES string of the molecule is C=C1C(C)(C)C[C@H](O)C[C@@]1(C)O. The molecule has 1 rings (SSSR count). The molecule has 0 bridgehead atoms. The Bertz CT molecular complexity index is 184. The van der Waals surface area contributed by atoms with Gasteiger partial charge in [-0.2, -0.15) is 0 Å². The number of rotatable bonds is 0. The predicted octanol–water partition coefficient (Wildman–Crippen LogP) is 1.47. The van der Waals surface area contributed by atoms with Crippen LogP contribution >= 0.6 is 0 Å². The number of aliphatic hydroxyl groups excluding tert-OH is 1. The Hall–Kier alpha value is -0.340. The van der Waals surface area contributed by atoms with Crippen LogP contribution in [0.1, 0.15) is 33.6 Å². The van der Waals surface area contributed by atoms with Crippen LogP contribution in [0.4, 0.5) is 0 Å². The van der Waals surface area contributed by atoms with E-state index >= 15 is 0 Å². The summed E-state index contributed by atoms with van der Waals surface area (Å²) < 4.78 is 0. The first-order chi connectivity index (χ1) is 5.26. The summed E-state index contributed by atoms with van der Waals surface area (Å²) in [5, 5.41) is 19.4. The Morgan fingerprint density at radius 2 is 1.83 bits per heavy atom. The minimum Gasteiger partial charge on any atom is -0.393 e. The van der Waals surface area contributed by atoms with Crippen LogP contribution in [0.3, 0.4) is 0 Å². The van der Waals surface area contributed by atoms with Crippen molar-refractivity contribution in [2.45, 2.75) is 45.3 Å². The van der Waals surface area contributed by atoms with Crippen LogP contribution in [0.15, 0.2) is 12.2 Å². The molecule has 0 heterocycles. The van der Waals surface area contributed by atoms with Crippen LogP contribution in [0, 0.1) is 5.41 Å². The molecule has 0 spiro atoms. The van der Waals surface area contributed by atoms with Gasteiger partial charge < -0.3 is 10.2 Å². The molecule has 2 N–H and O–H groups in total. The molecule has 0 amide bonds. The first-order valence-corrected chi connectivity index (χ1v) is 4.36. The lowest BCUT2D eigenvalue weighted by atomic mass is 9.66. The Morgan fingerprint density at radius 1 is 1.33 bits per heavy atom. The molecule has 0 unspecified atom stereocenters. The van der Waals surface area contributed by atoms with Gasteiger partial charge in [0.2, 0.25) is 0 Å². The van der Waals surface area contributed by atoms with Gasteiger partial charge in [-0.05, 0) is 24.3 Å². The molecule has 2 heteroatoms. The van der Waals surface area contributed by atoms with Gasteiger partial charge in [0.1, 0.15) is 0 Å². The van der Waals surface area contributed by atoms with Crippen molar-refractivity contribution >= 4 is 0 Å². The maximum atomic E-state index is 9.89. The molecule has 0 aromatic rings. The van der Waals surface area contributed by atoms with Crippen molar-refractivity contribution in [3.63, 3.8) is 0 Å². The van der Waals surface area contributed by atoms with Gasteiger partial charge in [-0.3, -0.25) is 0 Å². The average Bonchev–Trinajstić information content (AvgIpc) is 1.80. The maximum absolute atomic E-state index is 9.89. The van der Waals surface area contributed by atoms with Gasteiger partial charge in [0.25, 0.3) is 0 Å². The fraction of sp³-hybridized carbons (Fsp3) is 0.800. The van der Waals surface area contributed by atoms with Crippen LogP contribution in [0.5, 0.6) is 0 Å². The summed E-state index contributed by atoms with van der Waals surface area (Å²) in [5.41, 5.74) is -0.220. The highest BCUT2D eigenvalue weighted by molar-refractivity contribution is 5.22. The highest BCUT2D eigenvalue weighted by Gasteiger charge is 2.42. The van der Waals surface area contributed by atoms with E-state index in [0.29, 0.717) is 12.8 Å². The van der Waals surface area contributed by atoms with Crippen molar-refractivity contribution < 1.29 is 10.2 Å². The highest BCUT2D eigenvalue weighted by atomic mass is 16.3. The predicted molar refractivity (Wildman–Crippen MR) is 48.8 cm³/mol. The first kappa shape index (κ1) is 9.75. The summed E-state index contributed by atoms with van der Waals surface area (Å²) >= 11 is 0. The minimum absolute atomic E-state index is 0.152. The molecule has 0 aliphatic heterocycles. The van der Waals surface area contributed by atoms with Crippen LogP contribution in [-0.4, -0.2) is 21.9 Å². The molecule has 0 aromatic carbocycles. The van der Waals surface area contributed by atoms with E-state index in [4.69, 9.17) is 0 Å². The molecule has 70 valence electrons. The topological polar surface area (TPSA) is 40.5 Å². The van der Waals surface area contributed by atoms with Crippen molar-refractivity contribution in [3.8, 4) is 0 Å². The molecule has 1 aliphatic carbocycles. The van der Waals surface area contributed by atoms with Crippen molar-refractivity contribution in [1.29, 1.82) is 0 Å². The van der Waals surface area contributed by atoms with Crippen molar-refractivity contribution in [3.05, 3.63) is 12.2 Å². The van der Waals surface area contributed by atoms with E-state index in [1.165, 1.54) is 0 Å². The van der Waals surface area contributed by atoms with E-state index in [1.807, 2.05) is 13.8 Å². The lowest BCUT2D eigenvalue weighted by molar-refractivity contribution is -0.0265. The van der Waals surface area contributed by atoms with Gasteiger partial charge >= 0.3 is 0 Å². The molecule has 0 saturated heterocycles. The van der Waals surface area contributed by atoms with Crippen LogP contribution in [-0.2, 0) is 0 Å². The van der Waals surface area contributed by atoms with E-state index in [-0.39, 0.29) is 5.41 Å². The fourth-order valence-corrected chi connectivity index (χ4v) is 2.10. The molecule has 1 saturated carbocycles. The second-order valence-corrected chi connectivity index (χ2v) is 4.70. The van der Waals surface area contributed by atoms with Crippen molar-refractivity contribution in [1.82, 2.24) is 0 Å². The molecule has 2 atom stereocenters. The number of hydrogen-bond donors (Lipinski definition) is 2. The fourth-order valence-electron chi connectivity index (χ4n) is 2.10. The largest absolute Gasteiger partial charge is 0.393 e. The zero-order valence-electron chi connectivity index (χ0n) is 8.09. The van der Waals surface area contributed by atoms with Crippen molar-refractivity contribution in [2.24, 2.45) is 5.41 Å². The van der Waals surface area contributed by atoms with E-state index in [2.05, 4.69) is 6.58 Å². The second kappa shape index (κ2) is 2.57. The summed E-state index contributed by atoms with van der Waals surface area (Å²) in [7, 11) is 0. The molecular weight excluding hydrogens is 152 g/mol. The van der Waals surface area contributed by atoms with Gasteiger partial charge in [0.05, 0.1) is 11.7 Å². The van der Waals surface area contributed by atoms with E-state index in [1.54, 1.807) is 6.92 Å². The van der Waals surface area contributed by atoms with Gasteiger partial charge in [-0.25, -0.2) is 0 Å². The normalized spacial score (nSPS) is 41.4. The van der Waals surface area contributed by atoms with Crippen LogP contribution in [0.2, 0.25) is 0 Å². The highest BCUT2D eigenvalue weighted by Crippen LogP contribution is 2.44. The Kier molecular flexibility index (Phi) is 2.09. The van der Waals surface area contributed by atoms with Gasteiger partial charge in [-0.15, -0.1) is 0 Å². The molecule has 1 aliphatic rings. The Balaban J connectivity index is 2.91. The molecule has 2 nitrogen and oxygen atoms in total. The Morgan fingerprint density at radius 3 is 2.25 bits per heavy atom. The zero-order valence-corrected chi connectivity index (χ0v) is 8.09. The first-order valence-electron chi connectivity index (χ1n) is 4.36. The number of hydrogen-bond acceptors (Lipinski definition) is 2. The second-order valence-electron chi connectivity index (χ2n) is 4.70. The lowest BCUT2D eigenvalue weighted by Gasteiger charge is -2.44. The zero-order chi connectivity index (χ0) is 9.57. The third-order valence-electron chi connectivity index (χ3n) is 2.85. The van der Waals surface area contributed by atoms with Gasteiger partial charge in [0, 0.05) is 6.42 Å². The van der Waals surface area contributed by atoms with E-state index < -0.39 is 11.7 Å². The Labute approximate surface area is 73.9 Å². The van der Waals surface area contributed by atoms with Crippen molar-refractivity contribution in [2.75, 3.05) is 0 Å². The molecule has 1 fully saturated rings. The summed E-state index contributed by atoms with van der Waals surface area (Å²) in [6.07, 6.45) is 0.706. The molecule has 0 aromatic heterocycles. The summed E-state index contributed by atoms with van der Waals surface area (Å²) in [5.74, 6) is 0. The van der Waals surface area contributed by atoms with Crippen LogP contribution in [0.25, 0.3) is 0 Å². The smallest absolute Gasteiger partial charge is 0.0855 e. The standard InChI is InChI=1S/C10H18O2/c1-7-9(2,3)5-8(11)6-10(7,4)12/h8,11-12H,1,5-6H2,2-4H3/t8-,10+/m0/s1. The summed E-state index contributed by atoms with van der Waals surface area (Å²) in [6.45, 7) is 9.63.